The molecule has 140 valence electrons. The van der Waals surface area contributed by atoms with Gasteiger partial charge in [0.15, 0.2) is 17.5 Å². The van der Waals surface area contributed by atoms with Gasteiger partial charge in [-0.2, -0.15) is 0 Å². The van der Waals surface area contributed by atoms with Crippen LogP contribution in [0.1, 0.15) is 18.2 Å². The highest BCUT2D eigenvalue weighted by atomic mass is 127. The van der Waals surface area contributed by atoms with Crippen molar-refractivity contribution in [2.75, 3.05) is 19.8 Å². The van der Waals surface area contributed by atoms with Crippen molar-refractivity contribution in [1.82, 2.24) is 15.6 Å². The number of aromatic nitrogens is 1. The number of ether oxygens (including phenoxy) is 2. The zero-order valence-corrected chi connectivity index (χ0v) is 17.6. The first-order chi connectivity index (χ1) is 12.3. The Morgan fingerprint density at radius 3 is 2.85 bits per heavy atom. The van der Waals surface area contributed by atoms with Crippen molar-refractivity contribution in [2.45, 2.75) is 20.0 Å². The van der Waals surface area contributed by atoms with E-state index in [1.807, 2.05) is 37.3 Å². The van der Waals surface area contributed by atoms with Crippen LogP contribution in [0.15, 0.2) is 41.5 Å². The van der Waals surface area contributed by atoms with E-state index in [1.165, 1.54) is 0 Å². The molecule has 1 aromatic carbocycles. The quantitative estimate of drug-likeness (QED) is 0.384. The van der Waals surface area contributed by atoms with Crippen LogP contribution in [-0.2, 0) is 13.1 Å². The minimum atomic E-state index is 0. The Balaban J connectivity index is 0.00000243. The summed E-state index contributed by atoms with van der Waals surface area (Å²) in [6, 6.07) is 9.61. The summed E-state index contributed by atoms with van der Waals surface area (Å²) in [6.45, 7) is 4.94. The molecule has 6 nitrogen and oxygen atoms in total. The molecule has 1 aliphatic rings. The van der Waals surface area contributed by atoms with Gasteiger partial charge in [0.05, 0.1) is 23.8 Å². The molecule has 3 rings (SSSR count). The summed E-state index contributed by atoms with van der Waals surface area (Å²) in [4.78, 5) is 8.90. The van der Waals surface area contributed by atoms with Crippen LogP contribution >= 0.6 is 35.6 Å². The van der Waals surface area contributed by atoms with Crippen LogP contribution in [0.4, 0.5) is 0 Å². The van der Waals surface area contributed by atoms with Crippen molar-refractivity contribution in [3.63, 3.8) is 0 Å². The summed E-state index contributed by atoms with van der Waals surface area (Å²) in [5.74, 6) is 2.01. The molecule has 0 saturated carbocycles. The van der Waals surface area contributed by atoms with Crippen LogP contribution in [0, 0.1) is 0 Å². The molecule has 1 aromatic heterocycles. The van der Waals surface area contributed by atoms with Gasteiger partial charge in [-0.3, -0.25) is 4.98 Å². The van der Waals surface area contributed by atoms with Gasteiger partial charge in [-0.25, -0.2) is 4.99 Å². The van der Waals surface area contributed by atoms with E-state index in [2.05, 4.69) is 20.6 Å². The van der Waals surface area contributed by atoms with E-state index < -0.39 is 0 Å². The second kappa shape index (κ2) is 10.4. The van der Waals surface area contributed by atoms with Gasteiger partial charge in [-0.05, 0) is 36.8 Å². The van der Waals surface area contributed by atoms with Crippen LogP contribution in [-0.4, -0.2) is 30.7 Å². The Morgan fingerprint density at radius 2 is 2.08 bits per heavy atom. The molecule has 0 bridgehead atoms. The zero-order chi connectivity index (χ0) is 17.5. The summed E-state index contributed by atoms with van der Waals surface area (Å²) < 4.78 is 11.1. The molecule has 26 heavy (non-hydrogen) atoms. The van der Waals surface area contributed by atoms with Crippen molar-refractivity contribution in [1.29, 1.82) is 0 Å². The number of nitrogens with zero attached hydrogens (tertiary/aromatic N) is 2. The van der Waals surface area contributed by atoms with Crippen LogP contribution in [0.3, 0.4) is 0 Å². The minimum Gasteiger partial charge on any atom is -0.486 e. The molecule has 0 unspecified atom stereocenters. The number of rotatable bonds is 5. The third-order valence-corrected chi connectivity index (χ3v) is 3.86. The Bertz CT molecular complexity index is 743. The topological polar surface area (TPSA) is 67.8 Å². The van der Waals surface area contributed by atoms with E-state index in [0.717, 1.165) is 23.8 Å². The molecule has 0 fully saturated rings. The molecule has 0 atom stereocenters. The molecule has 0 spiro atoms. The van der Waals surface area contributed by atoms with E-state index in [-0.39, 0.29) is 24.0 Å². The van der Waals surface area contributed by atoms with Crippen LogP contribution in [0.2, 0.25) is 5.02 Å². The largest absolute Gasteiger partial charge is 0.486 e. The molecule has 1 aliphatic heterocycles. The smallest absolute Gasteiger partial charge is 0.191 e. The predicted octanol–water partition coefficient (Wildman–Crippen LogP) is 3.38. The van der Waals surface area contributed by atoms with Gasteiger partial charge in [0.2, 0.25) is 0 Å². The highest BCUT2D eigenvalue weighted by molar-refractivity contribution is 14.0. The molecule has 2 heterocycles. The molecular weight excluding hydrogens is 467 g/mol. The number of halogens is 2. The average molecular weight is 489 g/mol. The van der Waals surface area contributed by atoms with Gasteiger partial charge >= 0.3 is 0 Å². The first-order valence-corrected chi connectivity index (χ1v) is 8.64. The maximum Gasteiger partial charge on any atom is 0.191 e. The summed E-state index contributed by atoms with van der Waals surface area (Å²) in [5.41, 5.74) is 1.92. The van der Waals surface area contributed by atoms with Gasteiger partial charge in [-0.1, -0.05) is 17.7 Å². The van der Waals surface area contributed by atoms with Gasteiger partial charge in [0.1, 0.15) is 13.2 Å². The van der Waals surface area contributed by atoms with Crippen molar-refractivity contribution >= 4 is 41.5 Å². The summed E-state index contributed by atoms with van der Waals surface area (Å²) in [7, 11) is 0. The van der Waals surface area contributed by atoms with Gasteiger partial charge < -0.3 is 20.1 Å². The number of pyridine rings is 1. The van der Waals surface area contributed by atoms with E-state index >= 15 is 0 Å². The number of aliphatic imine (C=N–C) groups is 1. The molecule has 0 aliphatic carbocycles. The number of hydrogen-bond donors (Lipinski definition) is 2. The fourth-order valence-corrected chi connectivity index (χ4v) is 2.73. The van der Waals surface area contributed by atoms with Crippen molar-refractivity contribution in [3.05, 3.63) is 52.8 Å². The molecular formula is C18H22ClIN4O2. The molecule has 0 saturated heterocycles. The van der Waals surface area contributed by atoms with Crippen molar-refractivity contribution in [2.24, 2.45) is 4.99 Å². The summed E-state index contributed by atoms with van der Waals surface area (Å²) in [6.07, 6.45) is 1.78. The van der Waals surface area contributed by atoms with Crippen molar-refractivity contribution in [3.8, 4) is 11.5 Å². The molecule has 2 N–H and O–H groups in total. The van der Waals surface area contributed by atoms with E-state index in [4.69, 9.17) is 21.1 Å². The summed E-state index contributed by atoms with van der Waals surface area (Å²) >= 11 is 6.27. The highest BCUT2D eigenvalue weighted by Gasteiger charge is 2.16. The number of hydrogen-bond acceptors (Lipinski definition) is 4. The van der Waals surface area contributed by atoms with Crippen LogP contribution < -0.4 is 20.1 Å². The number of benzene rings is 1. The monoisotopic (exact) mass is 488 g/mol. The SMILES string of the molecule is CCNC(=NCc1cc(Cl)c2c(c1)OCCO2)NCc1ccccn1.I. The zero-order valence-electron chi connectivity index (χ0n) is 14.5. The van der Waals surface area contributed by atoms with E-state index in [0.29, 0.717) is 42.8 Å². The van der Waals surface area contributed by atoms with Crippen LogP contribution in [0.5, 0.6) is 11.5 Å². The Kier molecular flexibility index (Phi) is 8.24. The van der Waals surface area contributed by atoms with Gasteiger partial charge in [-0.15, -0.1) is 24.0 Å². The third kappa shape index (κ3) is 5.63. The van der Waals surface area contributed by atoms with E-state index in [9.17, 15) is 0 Å². The lowest BCUT2D eigenvalue weighted by atomic mass is 10.2. The first-order valence-electron chi connectivity index (χ1n) is 8.26. The maximum absolute atomic E-state index is 6.27. The van der Waals surface area contributed by atoms with Gasteiger partial charge in [0, 0.05) is 12.7 Å². The Hall–Kier alpha value is -1.74. The minimum absolute atomic E-state index is 0. The molecule has 8 heteroatoms. The molecule has 0 radical (unpaired) electrons. The maximum atomic E-state index is 6.27. The first kappa shape index (κ1) is 20.6. The normalized spacial score (nSPS) is 12.9. The summed E-state index contributed by atoms with van der Waals surface area (Å²) in [5, 5.41) is 7.04. The second-order valence-electron chi connectivity index (χ2n) is 5.47. The van der Waals surface area contributed by atoms with Gasteiger partial charge in [0.25, 0.3) is 0 Å². The Labute approximate surface area is 175 Å². The highest BCUT2D eigenvalue weighted by Crippen LogP contribution is 2.38. The standard InChI is InChI=1S/C18H21ClN4O2.HI/c1-2-20-18(23-12-14-5-3-4-6-21-14)22-11-13-9-15(19)17-16(10-13)24-7-8-25-17;/h3-6,9-10H,2,7-8,11-12H2,1H3,(H2,20,22,23);1H. The fourth-order valence-electron chi connectivity index (χ4n) is 2.44. The predicted molar refractivity (Wildman–Crippen MR) is 114 cm³/mol. The number of fused-ring (bicyclic) bond motifs is 1. The average Bonchev–Trinajstić information content (AvgIpc) is 2.65. The number of nitrogens with one attached hydrogen (secondary N) is 2. The molecule has 0 amide bonds. The lowest BCUT2D eigenvalue weighted by Gasteiger charge is -2.20. The number of guanidine groups is 1. The fraction of sp³-hybridized carbons (Fsp3) is 0.333. The lowest BCUT2D eigenvalue weighted by Crippen LogP contribution is -2.37. The second-order valence-corrected chi connectivity index (χ2v) is 5.88. The molecule has 2 aromatic rings. The van der Waals surface area contributed by atoms with Crippen LogP contribution in [0.25, 0.3) is 0 Å². The third-order valence-electron chi connectivity index (χ3n) is 3.58. The Morgan fingerprint density at radius 1 is 1.23 bits per heavy atom. The van der Waals surface area contributed by atoms with Crippen molar-refractivity contribution < 1.29 is 9.47 Å². The van der Waals surface area contributed by atoms with E-state index in [1.54, 1.807) is 6.20 Å². The lowest BCUT2D eigenvalue weighted by molar-refractivity contribution is 0.171.